The summed E-state index contributed by atoms with van der Waals surface area (Å²) >= 11 is 0. The first-order chi connectivity index (χ1) is 19.3. The van der Waals surface area contributed by atoms with Crippen molar-refractivity contribution in [2.24, 2.45) is 0 Å². The molecule has 39 heavy (non-hydrogen) atoms. The van der Waals surface area contributed by atoms with E-state index in [4.69, 9.17) is 0 Å². The predicted molar refractivity (Wildman–Crippen MR) is 175 cm³/mol. The maximum Gasteiger partial charge on any atom is 0.0715 e. The van der Waals surface area contributed by atoms with Gasteiger partial charge in [0.1, 0.15) is 0 Å². The third-order valence-electron chi connectivity index (χ3n) is 8.36. The smallest absolute Gasteiger partial charge is 0.0715 e. The Morgan fingerprint density at radius 3 is 1.26 bits per heavy atom. The molecule has 0 saturated carbocycles. The lowest BCUT2D eigenvalue weighted by Crippen LogP contribution is -2.43. The van der Waals surface area contributed by atoms with Crippen LogP contribution in [-0.4, -0.2) is 35.5 Å². The second-order valence-electron chi connectivity index (χ2n) is 12.3. The average molecular weight is 552 g/mol. The second-order valence-corrected chi connectivity index (χ2v) is 12.3. The van der Waals surface area contributed by atoms with E-state index in [0.717, 1.165) is 25.8 Å². The van der Waals surface area contributed by atoms with Gasteiger partial charge in [-0.25, -0.2) is 0 Å². The lowest BCUT2D eigenvalue weighted by Gasteiger charge is -2.22. The van der Waals surface area contributed by atoms with E-state index in [1.165, 1.54) is 161 Å². The first-order valence-electron chi connectivity index (χ1n) is 17.9. The molecule has 0 spiro atoms. The Balaban J connectivity index is 3.43. The van der Waals surface area contributed by atoms with Gasteiger partial charge in [0.15, 0.2) is 0 Å². The van der Waals surface area contributed by atoms with Crippen molar-refractivity contribution in [1.82, 2.24) is 5.32 Å². The van der Waals surface area contributed by atoms with Gasteiger partial charge in [0.25, 0.3) is 0 Å². The normalized spacial score (nSPS) is 13.4. The molecule has 3 N–H and O–H groups in total. The van der Waals surface area contributed by atoms with Crippen LogP contribution in [0.2, 0.25) is 0 Å². The molecule has 3 heteroatoms. The van der Waals surface area contributed by atoms with Crippen LogP contribution in [0, 0.1) is 0 Å². The zero-order valence-corrected chi connectivity index (χ0v) is 26.9. The second kappa shape index (κ2) is 33.8. The quantitative estimate of drug-likeness (QED) is 0.0561. The number of aliphatic hydroxyl groups is 2. The van der Waals surface area contributed by atoms with Crippen LogP contribution in [0.1, 0.15) is 194 Å². The lowest BCUT2D eigenvalue weighted by atomic mass is 10.0. The summed E-state index contributed by atoms with van der Waals surface area (Å²) in [6.45, 7) is 5.50. The molecule has 234 valence electrons. The Morgan fingerprint density at radius 1 is 0.487 bits per heavy atom. The van der Waals surface area contributed by atoms with Crippen molar-refractivity contribution >= 4 is 0 Å². The van der Waals surface area contributed by atoms with Crippen molar-refractivity contribution in [2.45, 2.75) is 206 Å². The van der Waals surface area contributed by atoms with Gasteiger partial charge in [-0.3, -0.25) is 0 Å². The largest absolute Gasteiger partial charge is 0.395 e. The van der Waals surface area contributed by atoms with Gasteiger partial charge in [0.05, 0.1) is 18.8 Å². The summed E-state index contributed by atoms with van der Waals surface area (Å²) in [5, 5.41) is 23.6. The highest BCUT2D eigenvalue weighted by atomic mass is 16.3. The highest BCUT2D eigenvalue weighted by Gasteiger charge is 2.16. The minimum Gasteiger partial charge on any atom is -0.395 e. The molecule has 0 rings (SSSR count). The van der Waals surface area contributed by atoms with Crippen LogP contribution in [0.4, 0.5) is 0 Å². The minimum absolute atomic E-state index is 0.0337. The Morgan fingerprint density at radius 2 is 0.846 bits per heavy atom. The predicted octanol–water partition coefficient (Wildman–Crippen LogP) is 10.8. The molecule has 0 amide bonds. The Labute approximate surface area is 246 Å². The van der Waals surface area contributed by atoms with Crippen LogP contribution in [0.5, 0.6) is 0 Å². The molecule has 0 aliphatic rings. The molecule has 0 saturated heterocycles. The number of unbranched alkanes of at least 4 members (excludes halogenated alkanes) is 24. The van der Waals surface area contributed by atoms with E-state index in [-0.39, 0.29) is 12.6 Å². The molecule has 0 aromatic rings. The Kier molecular flexibility index (Phi) is 33.5. The standard InChI is InChI=1S/C36H73NO2/c1-3-5-7-9-11-13-15-17-18-19-21-23-25-27-29-31-33-37-35(34-38)36(39)32-30-28-26-24-22-20-16-14-12-10-8-6-4-2/h17-18,35-39H,3-16,19-34H2,1-2H3/b18-17-. The first-order valence-corrected chi connectivity index (χ1v) is 17.9. The van der Waals surface area contributed by atoms with Gasteiger partial charge < -0.3 is 15.5 Å². The van der Waals surface area contributed by atoms with Gasteiger partial charge in [0.2, 0.25) is 0 Å². The number of nitrogens with one attached hydrogen (secondary N) is 1. The maximum absolute atomic E-state index is 10.5. The molecular weight excluding hydrogens is 478 g/mol. The van der Waals surface area contributed by atoms with Gasteiger partial charge >= 0.3 is 0 Å². The van der Waals surface area contributed by atoms with Crippen LogP contribution in [0.25, 0.3) is 0 Å². The first kappa shape index (κ1) is 38.6. The zero-order valence-electron chi connectivity index (χ0n) is 26.9. The van der Waals surface area contributed by atoms with Crippen molar-refractivity contribution in [2.75, 3.05) is 13.2 Å². The Bertz CT molecular complexity index is 467. The van der Waals surface area contributed by atoms with E-state index in [1.54, 1.807) is 0 Å². The number of aliphatic hydroxyl groups excluding tert-OH is 2. The average Bonchev–Trinajstić information content (AvgIpc) is 2.95. The SMILES string of the molecule is CCCCCCCC/C=C\CCCCCCCCNC(CO)C(O)CCCCCCCCCCCCCCC. The molecule has 0 aromatic heterocycles. The van der Waals surface area contributed by atoms with E-state index in [1.807, 2.05) is 0 Å². The molecule has 2 atom stereocenters. The third-order valence-corrected chi connectivity index (χ3v) is 8.36. The van der Waals surface area contributed by atoms with E-state index < -0.39 is 6.10 Å². The van der Waals surface area contributed by atoms with Gasteiger partial charge in [-0.15, -0.1) is 0 Å². The molecule has 0 radical (unpaired) electrons. The summed E-state index contributed by atoms with van der Waals surface area (Å²) in [6.07, 6.45) is 41.2. The molecule has 0 heterocycles. The summed E-state index contributed by atoms with van der Waals surface area (Å²) < 4.78 is 0. The van der Waals surface area contributed by atoms with Gasteiger partial charge in [-0.1, -0.05) is 167 Å². The topological polar surface area (TPSA) is 52.5 Å². The zero-order chi connectivity index (χ0) is 28.5. The minimum atomic E-state index is -0.420. The highest BCUT2D eigenvalue weighted by Crippen LogP contribution is 2.14. The molecule has 0 aliphatic carbocycles. The van der Waals surface area contributed by atoms with Crippen molar-refractivity contribution in [3.8, 4) is 0 Å². The number of hydrogen-bond donors (Lipinski definition) is 3. The molecule has 0 aromatic carbocycles. The molecule has 2 unspecified atom stereocenters. The summed E-state index contributed by atoms with van der Waals surface area (Å²) in [6, 6.07) is -0.162. The van der Waals surface area contributed by atoms with Crippen LogP contribution in [0.3, 0.4) is 0 Å². The molecule has 0 aliphatic heterocycles. The van der Waals surface area contributed by atoms with E-state index >= 15 is 0 Å². The fourth-order valence-electron chi connectivity index (χ4n) is 5.55. The maximum atomic E-state index is 10.5. The monoisotopic (exact) mass is 552 g/mol. The summed E-state index contributed by atoms with van der Waals surface area (Å²) in [5.41, 5.74) is 0. The molecule has 3 nitrogen and oxygen atoms in total. The number of allylic oxidation sites excluding steroid dienone is 2. The lowest BCUT2D eigenvalue weighted by molar-refractivity contribution is 0.0810. The van der Waals surface area contributed by atoms with Gasteiger partial charge in [0, 0.05) is 0 Å². The number of rotatable bonds is 33. The fraction of sp³-hybridized carbons (Fsp3) is 0.944. The van der Waals surface area contributed by atoms with Crippen molar-refractivity contribution in [3.05, 3.63) is 12.2 Å². The van der Waals surface area contributed by atoms with Crippen molar-refractivity contribution in [1.29, 1.82) is 0 Å². The van der Waals surface area contributed by atoms with Crippen LogP contribution in [-0.2, 0) is 0 Å². The fourth-order valence-corrected chi connectivity index (χ4v) is 5.55. The van der Waals surface area contributed by atoms with E-state index in [0.29, 0.717) is 0 Å². The molecule has 0 bridgehead atoms. The van der Waals surface area contributed by atoms with Crippen LogP contribution in [0.15, 0.2) is 12.2 Å². The van der Waals surface area contributed by atoms with Crippen molar-refractivity contribution in [3.63, 3.8) is 0 Å². The van der Waals surface area contributed by atoms with Gasteiger partial charge in [-0.2, -0.15) is 0 Å². The molecular formula is C36H73NO2. The highest BCUT2D eigenvalue weighted by molar-refractivity contribution is 4.81. The van der Waals surface area contributed by atoms with E-state index in [2.05, 4.69) is 31.3 Å². The Hall–Kier alpha value is -0.380. The summed E-state index contributed by atoms with van der Waals surface area (Å²) in [5.74, 6) is 0. The summed E-state index contributed by atoms with van der Waals surface area (Å²) in [7, 11) is 0. The molecule has 0 fully saturated rings. The van der Waals surface area contributed by atoms with E-state index in [9.17, 15) is 10.2 Å². The summed E-state index contributed by atoms with van der Waals surface area (Å²) in [4.78, 5) is 0. The van der Waals surface area contributed by atoms with Gasteiger partial charge in [-0.05, 0) is 45.1 Å². The van der Waals surface area contributed by atoms with Crippen LogP contribution < -0.4 is 5.32 Å². The number of hydrogen-bond acceptors (Lipinski definition) is 3. The van der Waals surface area contributed by atoms with Crippen molar-refractivity contribution < 1.29 is 10.2 Å². The van der Waals surface area contributed by atoms with Crippen LogP contribution >= 0.6 is 0 Å². The third kappa shape index (κ3) is 30.4.